The summed E-state index contributed by atoms with van der Waals surface area (Å²) in [6.07, 6.45) is -0.692. The maximum absolute atomic E-state index is 12.7. The molecule has 4 aromatic rings. The number of H-pyrrole nitrogens is 1. The molecule has 5 rings (SSSR count). The number of carbonyl (C=O) groups excluding carboxylic acids is 1. The average Bonchev–Trinajstić information content (AvgIpc) is 3.19. The molecule has 1 N–H and O–H groups in total. The highest BCUT2D eigenvalue weighted by Gasteiger charge is 2.24. The number of fused-ring (bicyclic) bond motifs is 4. The molecule has 0 radical (unpaired) electrons. The first-order valence-electron chi connectivity index (χ1n) is 9.15. The summed E-state index contributed by atoms with van der Waals surface area (Å²) in [7, 11) is 0. The minimum Gasteiger partial charge on any atom is -0.488 e. The zero-order chi connectivity index (χ0) is 20.0. The van der Waals surface area contributed by atoms with Crippen LogP contribution in [0.15, 0.2) is 59.4 Å². The summed E-state index contributed by atoms with van der Waals surface area (Å²) in [5.41, 5.74) is 2.25. The first-order chi connectivity index (χ1) is 14.1. The zero-order valence-electron chi connectivity index (χ0n) is 15.5. The van der Waals surface area contributed by atoms with Gasteiger partial charge in [-0.2, -0.15) is 0 Å². The number of rotatable bonds is 3. The van der Waals surface area contributed by atoms with Crippen molar-refractivity contribution in [3.05, 3.63) is 81.2 Å². The zero-order valence-corrected chi connectivity index (χ0v) is 16.3. The molecule has 7 heteroatoms. The fraction of sp³-hybridized carbons (Fsp3) is 0.136. The van der Waals surface area contributed by atoms with Crippen molar-refractivity contribution in [1.29, 1.82) is 0 Å². The van der Waals surface area contributed by atoms with Gasteiger partial charge in [-0.25, -0.2) is 9.78 Å². The summed E-state index contributed by atoms with van der Waals surface area (Å²) in [5, 5.41) is 0.499. The van der Waals surface area contributed by atoms with Gasteiger partial charge in [0.2, 0.25) is 0 Å². The number of thiophene rings is 1. The minimum absolute atomic E-state index is 0.256. The molecule has 0 bridgehead atoms. The van der Waals surface area contributed by atoms with E-state index >= 15 is 0 Å². The largest absolute Gasteiger partial charge is 0.488 e. The van der Waals surface area contributed by atoms with Gasteiger partial charge in [0.25, 0.3) is 5.56 Å². The first kappa shape index (κ1) is 17.6. The second kappa shape index (κ2) is 6.86. The molecular formula is C22H16N2O4S. The number of para-hydroxylation sites is 2. The maximum atomic E-state index is 12.7. The highest BCUT2D eigenvalue weighted by atomic mass is 32.1. The molecule has 0 fully saturated rings. The number of carbonyl (C=O) groups is 1. The third-order valence-electron chi connectivity index (χ3n) is 4.83. The Hall–Kier alpha value is -3.45. The molecule has 0 aliphatic carbocycles. The molecule has 0 spiro atoms. The van der Waals surface area contributed by atoms with Crippen LogP contribution in [0.3, 0.4) is 0 Å². The number of ether oxygens (including phenoxy) is 2. The number of hydrogen-bond acceptors (Lipinski definition) is 6. The van der Waals surface area contributed by atoms with E-state index in [1.54, 1.807) is 25.1 Å². The first-order valence-corrected chi connectivity index (χ1v) is 9.96. The Kier molecular flexibility index (Phi) is 4.17. The van der Waals surface area contributed by atoms with Gasteiger partial charge in [0.1, 0.15) is 17.2 Å². The van der Waals surface area contributed by atoms with Crippen LogP contribution in [0.4, 0.5) is 0 Å². The number of hydrogen-bond donors (Lipinski definition) is 1. The minimum atomic E-state index is -0.692. The molecule has 0 amide bonds. The summed E-state index contributed by atoms with van der Waals surface area (Å²) in [4.78, 5) is 33.6. The Balaban J connectivity index is 1.42. The van der Waals surface area contributed by atoms with Gasteiger partial charge >= 0.3 is 5.97 Å². The molecule has 3 heterocycles. The second-order valence-corrected chi connectivity index (χ2v) is 7.82. The predicted molar refractivity (Wildman–Crippen MR) is 110 cm³/mol. The van der Waals surface area contributed by atoms with Gasteiger partial charge in [0.15, 0.2) is 11.9 Å². The molecule has 0 saturated carbocycles. The number of benzene rings is 2. The van der Waals surface area contributed by atoms with Gasteiger partial charge in [-0.15, -0.1) is 11.3 Å². The molecule has 1 atom stereocenters. The average molecular weight is 404 g/mol. The third-order valence-corrected chi connectivity index (χ3v) is 6.02. The summed E-state index contributed by atoms with van der Waals surface area (Å²) in [6, 6.07) is 16.6. The lowest BCUT2D eigenvalue weighted by molar-refractivity contribution is 0.0326. The van der Waals surface area contributed by atoms with Crippen molar-refractivity contribution in [3.8, 4) is 16.2 Å². The van der Waals surface area contributed by atoms with Crippen LogP contribution in [0.5, 0.6) is 5.75 Å². The molecule has 0 saturated heterocycles. The van der Waals surface area contributed by atoms with Crippen LogP contribution in [0.1, 0.15) is 34.1 Å². The molecule has 144 valence electrons. The monoisotopic (exact) mass is 404 g/mol. The molecular weight excluding hydrogens is 388 g/mol. The number of nitrogens with zero attached hydrogens (tertiary/aromatic N) is 1. The molecule has 2 aromatic heterocycles. The quantitative estimate of drug-likeness (QED) is 0.510. The second-order valence-electron chi connectivity index (χ2n) is 6.77. The number of aromatic nitrogens is 2. The maximum Gasteiger partial charge on any atom is 0.349 e. The highest BCUT2D eigenvalue weighted by Crippen LogP contribution is 2.42. The highest BCUT2D eigenvalue weighted by molar-refractivity contribution is 7.17. The van der Waals surface area contributed by atoms with E-state index < -0.39 is 12.1 Å². The Morgan fingerprint density at radius 3 is 2.90 bits per heavy atom. The van der Waals surface area contributed by atoms with Crippen LogP contribution in [0, 0.1) is 0 Å². The van der Waals surface area contributed by atoms with E-state index in [4.69, 9.17) is 9.47 Å². The van der Waals surface area contributed by atoms with E-state index in [0.29, 0.717) is 28.2 Å². The van der Waals surface area contributed by atoms with Crippen molar-refractivity contribution >= 4 is 28.2 Å². The normalized spacial score (nSPS) is 13.3. The SMILES string of the molecule is C[C@@H](OC(=O)c1cc2c(s1)-c1ccccc1OC2)c1nc2ccccc2c(=O)[nH]1. The number of esters is 1. The Bertz CT molecular complexity index is 1310. The molecule has 1 aliphatic heterocycles. The van der Waals surface area contributed by atoms with Gasteiger partial charge in [-0.05, 0) is 37.3 Å². The lowest BCUT2D eigenvalue weighted by atomic mass is 10.1. The summed E-state index contributed by atoms with van der Waals surface area (Å²) in [5.74, 6) is 0.676. The van der Waals surface area contributed by atoms with E-state index in [-0.39, 0.29) is 5.56 Å². The van der Waals surface area contributed by atoms with Crippen molar-refractivity contribution in [2.45, 2.75) is 19.6 Å². The van der Waals surface area contributed by atoms with E-state index in [9.17, 15) is 9.59 Å². The van der Waals surface area contributed by atoms with Crippen molar-refractivity contribution in [3.63, 3.8) is 0 Å². The topological polar surface area (TPSA) is 81.3 Å². The van der Waals surface area contributed by atoms with Gasteiger partial charge < -0.3 is 14.5 Å². The number of nitrogens with one attached hydrogen (secondary N) is 1. The van der Waals surface area contributed by atoms with Gasteiger partial charge in [-0.3, -0.25) is 4.79 Å². The number of aromatic amines is 1. The Labute approximate surface area is 169 Å². The van der Waals surface area contributed by atoms with Gasteiger partial charge in [-0.1, -0.05) is 24.3 Å². The summed E-state index contributed by atoms with van der Waals surface area (Å²) >= 11 is 1.38. The van der Waals surface area contributed by atoms with E-state index in [0.717, 1.165) is 21.8 Å². The molecule has 6 nitrogen and oxygen atoms in total. The summed E-state index contributed by atoms with van der Waals surface area (Å²) in [6.45, 7) is 2.11. The lowest BCUT2D eigenvalue weighted by Crippen LogP contribution is -2.17. The fourth-order valence-corrected chi connectivity index (χ4v) is 4.45. The van der Waals surface area contributed by atoms with Crippen molar-refractivity contribution in [2.75, 3.05) is 0 Å². The van der Waals surface area contributed by atoms with Gasteiger partial charge in [0, 0.05) is 16.0 Å². The standard InChI is InChI=1S/C22H16N2O4S/c1-12(20-23-16-8-4-2-6-14(16)21(25)24-20)28-22(26)18-10-13-11-27-17-9-5-3-7-15(17)19(13)29-18/h2-10,12H,11H2,1H3,(H,23,24,25)/t12-/m1/s1. The predicted octanol–water partition coefficient (Wildman–Crippen LogP) is 4.46. The van der Waals surface area contributed by atoms with E-state index in [1.165, 1.54) is 11.3 Å². The van der Waals surface area contributed by atoms with Crippen LogP contribution in [0.25, 0.3) is 21.3 Å². The van der Waals surface area contributed by atoms with E-state index in [2.05, 4.69) is 9.97 Å². The summed E-state index contributed by atoms with van der Waals surface area (Å²) < 4.78 is 11.3. The third kappa shape index (κ3) is 3.09. The molecule has 29 heavy (non-hydrogen) atoms. The van der Waals surface area contributed by atoms with Crippen LogP contribution in [-0.2, 0) is 11.3 Å². The Morgan fingerprint density at radius 2 is 2.00 bits per heavy atom. The smallest absolute Gasteiger partial charge is 0.349 e. The Morgan fingerprint density at radius 1 is 1.21 bits per heavy atom. The lowest BCUT2D eigenvalue weighted by Gasteiger charge is -2.16. The van der Waals surface area contributed by atoms with Crippen LogP contribution >= 0.6 is 11.3 Å². The van der Waals surface area contributed by atoms with E-state index in [1.807, 2.05) is 36.4 Å². The van der Waals surface area contributed by atoms with Crippen molar-refractivity contribution in [2.24, 2.45) is 0 Å². The fourth-order valence-electron chi connectivity index (χ4n) is 3.37. The van der Waals surface area contributed by atoms with Crippen molar-refractivity contribution in [1.82, 2.24) is 9.97 Å². The van der Waals surface area contributed by atoms with Gasteiger partial charge in [0.05, 0.1) is 10.9 Å². The van der Waals surface area contributed by atoms with Crippen LogP contribution in [-0.4, -0.2) is 15.9 Å². The molecule has 0 unspecified atom stereocenters. The van der Waals surface area contributed by atoms with Crippen molar-refractivity contribution < 1.29 is 14.3 Å². The molecule has 1 aliphatic rings. The molecule has 2 aromatic carbocycles. The van der Waals surface area contributed by atoms with Crippen LogP contribution in [0.2, 0.25) is 0 Å². The van der Waals surface area contributed by atoms with Crippen LogP contribution < -0.4 is 10.3 Å².